The second kappa shape index (κ2) is 6.76. The van der Waals surface area contributed by atoms with Crippen molar-refractivity contribution in [1.82, 2.24) is 10.2 Å². The Labute approximate surface area is 92.2 Å². The SMILES string of the molecule is CN(C)CCCNC(=O)C(C)(CN)CN. The highest BCUT2D eigenvalue weighted by molar-refractivity contribution is 5.82. The molecule has 0 aromatic carbocycles. The van der Waals surface area contributed by atoms with Gasteiger partial charge >= 0.3 is 0 Å². The number of hydrogen-bond acceptors (Lipinski definition) is 4. The number of nitrogens with two attached hydrogens (primary N) is 2. The third-order valence-electron chi connectivity index (χ3n) is 2.52. The summed E-state index contributed by atoms with van der Waals surface area (Å²) < 4.78 is 0. The van der Waals surface area contributed by atoms with Crippen molar-refractivity contribution in [1.29, 1.82) is 0 Å². The molecule has 0 rings (SSSR count). The first-order chi connectivity index (χ1) is 6.96. The number of nitrogens with one attached hydrogen (secondary N) is 1. The van der Waals surface area contributed by atoms with Crippen LogP contribution in [0, 0.1) is 5.41 Å². The third kappa shape index (κ3) is 5.11. The monoisotopic (exact) mass is 216 g/mol. The van der Waals surface area contributed by atoms with Gasteiger partial charge in [-0.2, -0.15) is 0 Å². The van der Waals surface area contributed by atoms with E-state index in [9.17, 15) is 4.79 Å². The molecule has 0 aliphatic heterocycles. The zero-order chi connectivity index (χ0) is 11.9. The third-order valence-corrected chi connectivity index (χ3v) is 2.52. The molecular weight excluding hydrogens is 192 g/mol. The summed E-state index contributed by atoms with van der Waals surface area (Å²) in [6.45, 7) is 3.98. The van der Waals surface area contributed by atoms with Crippen LogP contribution in [0.4, 0.5) is 0 Å². The molecule has 0 aromatic heterocycles. The van der Waals surface area contributed by atoms with Gasteiger partial charge in [0.2, 0.25) is 5.91 Å². The van der Waals surface area contributed by atoms with Crippen LogP contribution in [0.25, 0.3) is 0 Å². The van der Waals surface area contributed by atoms with E-state index in [0.29, 0.717) is 6.54 Å². The smallest absolute Gasteiger partial charge is 0.228 e. The van der Waals surface area contributed by atoms with Gasteiger partial charge in [-0.3, -0.25) is 4.79 Å². The molecule has 15 heavy (non-hydrogen) atoms. The van der Waals surface area contributed by atoms with Crippen LogP contribution in [-0.2, 0) is 4.79 Å². The summed E-state index contributed by atoms with van der Waals surface area (Å²) in [6.07, 6.45) is 0.934. The van der Waals surface area contributed by atoms with Crippen LogP contribution >= 0.6 is 0 Å². The maximum Gasteiger partial charge on any atom is 0.228 e. The van der Waals surface area contributed by atoms with Gasteiger partial charge in [0.05, 0.1) is 5.41 Å². The van der Waals surface area contributed by atoms with Gasteiger partial charge in [-0.25, -0.2) is 0 Å². The molecule has 5 N–H and O–H groups in total. The highest BCUT2D eigenvalue weighted by Gasteiger charge is 2.29. The lowest BCUT2D eigenvalue weighted by Crippen LogP contribution is -2.48. The molecule has 0 heterocycles. The molecule has 90 valence electrons. The van der Waals surface area contributed by atoms with E-state index < -0.39 is 5.41 Å². The second-order valence-corrected chi connectivity index (χ2v) is 4.38. The Morgan fingerprint density at radius 2 is 1.87 bits per heavy atom. The van der Waals surface area contributed by atoms with E-state index in [0.717, 1.165) is 13.0 Å². The zero-order valence-electron chi connectivity index (χ0n) is 10.0. The molecule has 5 heteroatoms. The Kier molecular flexibility index (Phi) is 6.47. The van der Waals surface area contributed by atoms with E-state index in [-0.39, 0.29) is 19.0 Å². The molecule has 0 saturated carbocycles. The highest BCUT2D eigenvalue weighted by atomic mass is 16.2. The van der Waals surface area contributed by atoms with Gasteiger partial charge < -0.3 is 21.7 Å². The Balaban J connectivity index is 3.82. The predicted molar refractivity (Wildman–Crippen MR) is 62.4 cm³/mol. The van der Waals surface area contributed by atoms with Crippen molar-refractivity contribution in [3.05, 3.63) is 0 Å². The van der Waals surface area contributed by atoms with E-state index in [2.05, 4.69) is 10.2 Å². The molecule has 0 aromatic rings. The maximum absolute atomic E-state index is 11.7. The molecule has 0 unspecified atom stereocenters. The Hall–Kier alpha value is -0.650. The van der Waals surface area contributed by atoms with Gasteiger partial charge in [-0.05, 0) is 34.0 Å². The summed E-state index contributed by atoms with van der Waals surface area (Å²) in [5.41, 5.74) is 10.4. The summed E-state index contributed by atoms with van der Waals surface area (Å²) in [4.78, 5) is 13.8. The Bertz CT molecular complexity index is 190. The topological polar surface area (TPSA) is 84.4 Å². The van der Waals surface area contributed by atoms with Crippen LogP contribution in [0.2, 0.25) is 0 Å². The fraction of sp³-hybridized carbons (Fsp3) is 0.900. The minimum absolute atomic E-state index is 0.0498. The molecule has 0 bridgehead atoms. The Morgan fingerprint density at radius 1 is 1.33 bits per heavy atom. The van der Waals surface area contributed by atoms with Gasteiger partial charge in [0.1, 0.15) is 0 Å². The van der Waals surface area contributed by atoms with Crippen molar-refractivity contribution >= 4 is 5.91 Å². The van der Waals surface area contributed by atoms with Crippen molar-refractivity contribution in [3.63, 3.8) is 0 Å². The molecule has 0 aliphatic carbocycles. The fourth-order valence-corrected chi connectivity index (χ4v) is 1.08. The van der Waals surface area contributed by atoms with Crippen LogP contribution < -0.4 is 16.8 Å². The average molecular weight is 216 g/mol. The van der Waals surface area contributed by atoms with Crippen molar-refractivity contribution in [2.45, 2.75) is 13.3 Å². The number of rotatable bonds is 7. The molecule has 0 atom stereocenters. The van der Waals surface area contributed by atoms with Crippen LogP contribution in [0.5, 0.6) is 0 Å². The quantitative estimate of drug-likeness (QED) is 0.476. The first-order valence-corrected chi connectivity index (χ1v) is 5.29. The standard InChI is InChI=1S/C10H24N4O/c1-10(7-11,8-12)9(15)13-5-4-6-14(2)3/h4-8,11-12H2,1-3H3,(H,13,15). The van der Waals surface area contributed by atoms with Crippen LogP contribution in [0.1, 0.15) is 13.3 Å². The summed E-state index contributed by atoms with van der Waals surface area (Å²) in [5, 5.41) is 2.85. The van der Waals surface area contributed by atoms with E-state index in [4.69, 9.17) is 11.5 Å². The van der Waals surface area contributed by atoms with E-state index >= 15 is 0 Å². The van der Waals surface area contributed by atoms with Crippen molar-refractivity contribution in [2.75, 3.05) is 40.3 Å². The zero-order valence-corrected chi connectivity index (χ0v) is 10.0. The molecule has 0 spiro atoms. The van der Waals surface area contributed by atoms with Crippen LogP contribution in [0.3, 0.4) is 0 Å². The first kappa shape index (κ1) is 14.3. The minimum atomic E-state index is -0.627. The molecule has 0 fully saturated rings. The largest absolute Gasteiger partial charge is 0.355 e. The van der Waals surface area contributed by atoms with Crippen molar-refractivity contribution < 1.29 is 4.79 Å². The lowest BCUT2D eigenvalue weighted by molar-refractivity contribution is -0.129. The molecule has 0 aliphatic rings. The molecule has 0 radical (unpaired) electrons. The van der Waals surface area contributed by atoms with E-state index in [1.807, 2.05) is 14.1 Å². The number of carbonyl (C=O) groups excluding carboxylic acids is 1. The first-order valence-electron chi connectivity index (χ1n) is 5.29. The summed E-state index contributed by atoms with van der Waals surface area (Å²) in [6, 6.07) is 0. The van der Waals surface area contributed by atoms with Crippen molar-refractivity contribution in [2.24, 2.45) is 16.9 Å². The second-order valence-electron chi connectivity index (χ2n) is 4.38. The van der Waals surface area contributed by atoms with Gasteiger partial charge in [0.15, 0.2) is 0 Å². The number of nitrogens with zero attached hydrogens (tertiary/aromatic N) is 1. The van der Waals surface area contributed by atoms with Gasteiger partial charge in [0, 0.05) is 19.6 Å². The molecular formula is C10H24N4O. The normalized spacial score (nSPS) is 11.9. The van der Waals surface area contributed by atoms with Gasteiger partial charge in [-0.15, -0.1) is 0 Å². The number of hydrogen-bond donors (Lipinski definition) is 3. The van der Waals surface area contributed by atoms with E-state index in [1.54, 1.807) is 6.92 Å². The lowest BCUT2D eigenvalue weighted by atomic mass is 9.90. The summed E-state index contributed by atoms with van der Waals surface area (Å²) in [5.74, 6) is -0.0498. The molecule has 1 amide bonds. The van der Waals surface area contributed by atoms with Gasteiger partial charge in [-0.1, -0.05) is 0 Å². The average Bonchev–Trinajstić information content (AvgIpc) is 2.22. The highest BCUT2D eigenvalue weighted by Crippen LogP contribution is 2.11. The van der Waals surface area contributed by atoms with Crippen LogP contribution in [-0.4, -0.2) is 51.1 Å². The van der Waals surface area contributed by atoms with Gasteiger partial charge in [0.25, 0.3) is 0 Å². The molecule has 0 saturated heterocycles. The predicted octanol–water partition coefficient (Wildman–Crippen LogP) is -1.02. The van der Waals surface area contributed by atoms with E-state index in [1.165, 1.54) is 0 Å². The molecule has 5 nitrogen and oxygen atoms in total. The van der Waals surface area contributed by atoms with Crippen molar-refractivity contribution in [3.8, 4) is 0 Å². The fourth-order valence-electron chi connectivity index (χ4n) is 1.08. The number of carbonyl (C=O) groups is 1. The summed E-state index contributed by atoms with van der Waals surface area (Å²) >= 11 is 0. The summed E-state index contributed by atoms with van der Waals surface area (Å²) in [7, 11) is 4.01. The minimum Gasteiger partial charge on any atom is -0.355 e. The lowest BCUT2D eigenvalue weighted by Gasteiger charge is -2.24. The number of amides is 1. The van der Waals surface area contributed by atoms with Crippen LogP contribution in [0.15, 0.2) is 0 Å². The maximum atomic E-state index is 11.7. The Morgan fingerprint density at radius 3 is 2.27 bits per heavy atom.